The number of thiol groups is 1. The van der Waals surface area contributed by atoms with E-state index in [0.29, 0.717) is 10.6 Å². The number of alkyl halides is 1. The first-order valence-electron chi connectivity index (χ1n) is 4.73. The Bertz CT molecular complexity index is 547. The van der Waals surface area contributed by atoms with Gasteiger partial charge in [-0.05, 0) is 18.3 Å². The molecule has 1 heterocycles. The highest BCUT2D eigenvalue weighted by Gasteiger charge is 2.10. The van der Waals surface area contributed by atoms with E-state index in [-0.39, 0.29) is 6.54 Å². The average molecular weight is 255 g/mol. The molecule has 0 aliphatic heterocycles. The molecule has 1 aromatic carbocycles. The molecule has 0 saturated carbocycles. The van der Waals surface area contributed by atoms with Crippen LogP contribution < -0.4 is 0 Å². The summed E-state index contributed by atoms with van der Waals surface area (Å²) in [5, 5.41) is 6.76. The maximum Gasteiger partial charge on any atom is 0.195 e. The van der Waals surface area contributed by atoms with Gasteiger partial charge in [0.1, 0.15) is 6.67 Å². The average Bonchev–Trinajstić information content (AvgIpc) is 2.62. The number of nitrogens with zero attached hydrogens (tertiary/aromatic N) is 2. The Kier molecular flexibility index (Phi) is 3.40. The van der Waals surface area contributed by atoms with E-state index in [0.717, 1.165) is 10.5 Å². The molecule has 0 radical (unpaired) electrons. The molecule has 2 rings (SSSR count). The predicted octanol–water partition coefficient (Wildman–Crippen LogP) is 2.87. The second-order valence-corrected chi connectivity index (χ2v) is 4.08. The van der Waals surface area contributed by atoms with Gasteiger partial charge in [-0.15, -0.1) is 12.6 Å². The fraction of sp³-hybridized carbons (Fsp3) is 0.200. The number of hydrogen-bond donors (Lipinski definition) is 2. The zero-order valence-corrected chi connectivity index (χ0v) is 10.1. The molecule has 0 bridgehead atoms. The molecule has 0 saturated heterocycles. The number of benzene rings is 1. The van der Waals surface area contributed by atoms with Crippen molar-refractivity contribution in [3.05, 3.63) is 29.0 Å². The topological polar surface area (TPSA) is 33.6 Å². The summed E-state index contributed by atoms with van der Waals surface area (Å²) in [7, 11) is 0. The van der Waals surface area contributed by atoms with Crippen LogP contribution in [0.4, 0.5) is 4.39 Å². The van der Waals surface area contributed by atoms with Gasteiger partial charge in [0, 0.05) is 10.5 Å². The molecule has 0 amide bonds. The molecular formula is C10H10FN3S2. The van der Waals surface area contributed by atoms with E-state index in [4.69, 9.17) is 12.2 Å². The van der Waals surface area contributed by atoms with Crippen molar-refractivity contribution in [3.8, 4) is 11.4 Å². The van der Waals surface area contributed by atoms with Gasteiger partial charge < -0.3 is 0 Å². The summed E-state index contributed by atoms with van der Waals surface area (Å²) in [4.78, 5) is 0.789. The predicted molar refractivity (Wildman–Crippen MR) is 66.1 cm³/mol. The third-order valence-corrected chi connectivity index (χ3v) is 2.91. The van der Waals surface area contributed by atoms with E-state index in [1.165, 1.54) is 0 Å². The van der Waals surface area contributed by atoms with Crippen molar-refractivity contribution >= 4 is 24.8 Å². The summed E-state index contributed by atoms with van der Waals surface area (Å²) >= 11 is 9.37. The van der Waals surface area contributed by atoms with Gasteiger partial charge in [0.05, 0.1) is 6.54 Å². The number of aromatic amines is 1. The quantitative estimate of drug-likeness (QED) is 0.653. The molecule has 6 heteroatoms. The summed E-state index contributed by atoms with van der Waals surface area (Å²) < 4.78 is 14.5. The Morgan fingerprint density at radius 3 is 2.88 bits per heavy atom. The van der Waals surface area contributed by atoms with Gasteiger partial charge in [0.15, 0.2) is 10.6 Å². The van der Waals surface area contributed by atoms with Crippen LogP contribution in [-0.2, 0) is 6.54 Å². The fourth-order valence-electron chi connectivity index (χ4n) is 1.48. The number of H-pyrrole nitrogens is 1. The zero-order valence-electron chi connectivity index (χ0n) is 8.35. The Morgan fingerprint density at radius 2 is 2.19 bits per heavy atom. The summed E-state index contributed by atoms with van der Waals surface area (Å²) in [6.07, 6.45) is 0. The molecule has 0 aliphatic carbocycles. The molecule has 0 aliphatic rings. The molecule has 84 valence electrons. The molecule has 1 aromatic heterocycles. The summed E-state index contributed by atoms with van der Waals surface area (Å²) in [6, 6.07) is 7.50. The second kappa shape index (κ2) is 4.80. The van der Waals surface area contributed by atoms with Crippen molar-refractivity contribution in [3.63, 3.8) is 0 Å². The lowest BCUT2D eigenvalue weighted by molar-refractivity contribution is 0.445. The lowest BCUT2D eigenvalue weighted by Gasteiger charge is -2.05. The Morgan fingerprint density at radius 1 is 1.44 bits per heavy atom. The molecule has 16 heavy (non-hydrogen) atoms. The van der Waals surface area contributed by atoms with E-state index in [1.54, 1.807) is 4.57 Å². The first kappa shape index (κ1) is 11.3. The van der Waals surface area contributed by atoms with Crippen molar-refractivity contribution in [1.29, 1.82) is 0 Å². The van der Waals surface area contributed by atoms with Gasteiger partial charge in [-0.3, -0.25) is 9.67 Å². The molecule has 1 N–H and O–H groups in total. The van der Waals surface area contributed by atoms with E-state index in [1.807, 2.05) is 24.3 Å². The first-order chi connectivity index (χ1) is 7.74. The minimum atomic E-state index is -0.477. The van der Waals surface area contributed by atoms with E-state index >= 15 is 0 Å². The molecule has 0 atom stereocenters. The van der Waals surface area contributed by atoms with Gasteiger partial charge in [0.2, 0.25) is 0 Å². The summed E-state index contributed by atoms with van der Waals surface area (Å²) in [5.74, 6) is 0.619. The van der Waals surface area contributed by atoms with E-state index in [2.05, 4.69) is 22.8 Å². The highest BCUT2D eigenvalue weighted by molar-refractivity contribution is 7.80. The van der Waals surface area contributed by atoms with E-state index < -0.39 is 6.67 Å². The minimum absolute atomic E-state index is 0.201. The lowest BCUT2D eigenvalue weighted by atomic mass is 10.2. The van der Waals surface area contributed by atoms with Crippen molar-refractivity contribution in [2.45, 2.75) is 11.4 Å². The molecule has 0 fully saturated rings. The molecule has 2 aromatic rings. The normalized spacial score (nSPS) is 10.6. The van der Waals surface area contributed by atoms with Crippen molar-refractivity contribution in [1.82, 2.24) is 14.8 Å². The molecule has 0 unspecified atom stereocenters. The number of hydrogen-bond acceptors (Lipinski definition) is 3. The smallest absolute Gasteiger partial charge is 0.195 e. The summed E-state index contributed by atoms with van der Waals surface area (Å²) in [5.41, 5.74) is 0.839. The minimum Gasteiger partial charge on any atom is -0.297 e. The fourth-order valence-corrected chi connectivity index (χ4v) is 1.96. The monoisotopic (exact) mass is 255 g/mol. The maximum absolute atomic E-state index is 12.4. The highest BCUT2D eigenvalue weighted by Crippen LogP contribution is 2.24. The number of halogens is 1. The Balaban J connectivity index is 2.56. The van der Waals surface area contributed by atoms with Crippen LogP contribution in [0.2, 0.25) is 0 Å². The van der Waals surface area contributed by atoms with Crippen LogP contribution in [0.1, 0.15) is 0 Å². The van der Waals surface area contributed by atoms with Crippen molar-refractivity contribution < 1.29 is 4.39 Å². The standard InChI is InChI=1S/C10H10FN3S2/c11-5-6-14-9(12-13-10(14)16)7-3-1-2-4-8(7)15/h1-4,15H,5-6H2,(H,13,16). The number of rotatable bonds is 3. The SMILES string of the molecule is FCCn1c(-c2ccccc2S)n[nH]c1=S. The molecule has 3 nitrogen and oxygen atoms in total. The highest BCUT2D eigenvalue weighted by atomic mass is 32.1. The lowest BCUT2D eigenvalue weighted by Crippen LogP contribution is -2.02. The van der Waals surface area contributed by atoms with Crippen molar-refractivity contribution in [2.75, 3.05) is 6.67 Å². The first-order valence-corrected chi connectivity index (χ1v) is 5.59. The van der Waals surface area contributed by atoms with E-state index in [9.17, 15) is 4.39 Å². The Labute approximate surface area is 103 Å². The van der Waals surface area contributed by atoms with Crippen LogP contribution in [0.5, 0.6) is 0 Å². The maximum atomic E-state index is 12.4. The number of aromatic nitrogens is 3. The molecular weight excluding hydrogens is 245 g/mol. The van der Waals surface area contributed by atoms with Crippen LogP contribution in [0.3, 0.4) is 0 Å². The van der Waals surface area contributed by atoms with Crippen LogP contribution in [-0.4, -0.2) is 21.4 Å². The second-order valence-electron chi connectivity index (χ2n) is 3.21. The third kappa shape index (κ3) is 2.03. The summed E-state index contributed by atoms with van der Waals surface area (Å²) in [6.45, 7) is -0.275. The van der Waals surface area contributed by atoms with Crippen molar-refractivity contribution in [2.24, 2.45) is 0 Å². The largest absolute Gasteiger partial charge is 0.297 e. The van der Waals surface area contributed by atoms with Crippen LogP contribution in [0, 0.1) is 4.77 Å². The van der Waals surface area contributed by atoms with Gasteiger partial charge in [-0.1, -0.05) is 18.2 Å². The third-order valence-electron chi connectivity index (χ3n) is 2.21. The Hall–Kier alpha value is -1.14. The molecule has 0 spiro atoms. The van der Waals surface area contributed by atoms with Gasteiger partial charge >= 0.3 is 0 Å². The van der Waals surface area contributed by atoms with Crippen LogP contribution in [0.25, 0.3) is 11.4 Å². The van der Waals surface area contributed by atoms with Gasteiger partial charge in [0.25, 0.3) is 0 Å². The van der Waals surface area contributed by atoms with Crippen LogP contribution >= 0.6 is 24.8 Å². The van der Waals surface area contributed by atoms with Gasteiger partial charge in [-0.25, -0.2) is 4.39 Å². The number of nitrogens with one attached hydrogen (secondary N) is 1. The van der Waals surface area contributed by atoms with Crippen LogP contribution in [0.15, 0.2) is 29.2 Å². The zero-order chi connectivity index (χ0) is 11.5. The van der Waals surface area contributed by atoms with Gasteiger partial charge in [-0.2, -0.15) is 5.10 Å².